The molecule has 308 valence electrons. The first-order chi connectivity index (χ1) is 30.7. The van der Waals surface area contributed by atoms with Gasteiger partial charge in [-0.2, -0.15) is 0 Å². The van der Waals surface area contributed by atoms with Crippen LogP contribution in [0.5, 0.6) is 5.75 Å². The minimum atomic E-state index is 0.662. The highest BCUT2D eigenvalue weighted by Gasteiger charge is 2.19. The Morgan fingerprint density at radius 3 is 1.39 bits per heavy atom. The summed E-state index contributed by atoms with van der Waals surface area (Å²) < 4.78 is 10.2. The van der Waals surface area contributed by atoms with Crippen LogP contribution in [-0.4, -0.2) is 26.9 Å². The second kappa shape index (κ2) is 20.4. The Labute approximate surface area is 383 Å². The Kier molecular flexibility index (Phi) is 13.7. The number of hydrogen-bond acceptors (Lipinski definition) is 8. The minimum Gasteiger partial charge on any atom is -0.493 e. The largest absolute Gasteiger partial charge is 0.493 e. The van der Waals surface area contributed by atoms with Gasteiger partial charge in [0.05, 0.1) is 42.9 Å². The summed E-state index contributed by atoms with van der Waals surface area (Å²) >= 11 is 8.67. The summed E-state index contributed by atoms with van der Waals surface area (Å²) in [4.78, 5) is 16.9. The van der Waals surface area contributed by atoms with Crippen molar-refractivity contribution in [2.75, 3.05) is 16.8 Å². The molecule has 0 amide bonds. The van der Waals surface area contributed by atoms with Gasteiger partial charge in [-0.25, -0.2) is 15.0 Å². The van der Waals surface area contributed by atoms with Crippen molar-refractivity contribution < 1.29 is 4.74 Å². The summed E-state index contributed by atoms with van der Waals surface area (Å²) in [6, 6.07) is 48.8. The second-order valence-electron chi connectivity index (χ2n) is 14.9. The van der Waals surface area contributed by atoms with Crippen molar-refractivity contribution in [1.82, 2.24) is 15.0 Å². The highest BCUT2D eigenvalue weighted by Crippen LogP contribution is 2.41. The third-order valence-corrected chi connectivity index (χ3v) is 14.1. The molecular weight excluding hydrogens is 885 g/mol. The molecule has 0 spiro atoms. The van der Waals surface area contributed by atoms with E-state index in [4.69, 9.17) is 19.7 Å². The molecule has 5 nitrogen and oxygen atoms in total. The molecule has 0 fully saturated rings. The van der Waals surface area contributed by atoms with E-state index in [1.807, 2.05) is 18.2 Å². The SMILES string of the molecule is BrCCCCCCCCOc1cccc(N(c2ccc(C=Cc3nc4ccccc4s3)cc2)c2ccc(C=Cc3nc4ccccc4s3)cc2)c1C=Cc1nc2ccccc2s1. The number of alkyl halides is 1. The summed E-state index contributed by atoms with van der Waals surface area (Å²) in [5, 5.41) is 4.01. The fraction of sp³-hybridized carbons (Fsp3) is 0.151. The first kappa shape index (κ1) is 41.6. The highest BCUT2D eigenvalue weighted by atomic mass is 79.9. The van der Waals surface area contributed by atoms with E-state index in [2.05, 4.69) is 179 Å². The first-order valence-corrected chi connectivity index (χ1v) is 24.7. The molecule has 0 saturated carbocycles. The number of benzene rings is 6. The topological polar surface area (TPSA) is 51.1 Å². The van der Waals surface area contributed by atoms with Gasteiger partial charge in [0.2, 0.25) is 0 Å². The third kappa shape index (κ3) is 10.3. The number of anilines is 3. The van der Waals surface area contributed by atoms with Gasteiger partial charge in [-0.15, -0.1) is 34.0 Å². The lowest BCUT2D eigenvalue weighted by molar-refractivity contribution is 0.304. The number of thiazole rings is 3. The number of ether oxygens (including phenoxy) is 1. The van der Waals surface area contributed by atoms with Crippen molar-refractivity contribution in [3.8, 4) is 5.75 Å². The van der Waals surface area contributed by atoms with E-state index in [1.165, 1.54) is 39.8 Å². The molecule has 0 radical (unpaired) electrons. The molecule has 9 heteroatoms. The van der Waals surface area contributed by atoms with Gasteiger partial charge in [-0.05, 0) is 121 Å². The van der Waals surface area contributed by atoms with Crippen molar-refractivity contribution in [2.45, 2.75) is 38.5 Å². The summed E-state index contributed by atoms with van der Waals surface area (Å²) in [6.07, 6.45) is 20.0. The lowest BCUT2D eigenvalue weighted by atomic mass is 10.1. The number of aromatic nitrogens is 3. The van der Waals surface area contributed by atoms with Crippen molar-refractivity contribution >= 4 is 134 Å². The van der Waals surface area contributed by atoms with Crippen LogP contribution in [0.4, 0.5) is 17.1 Å². The fourth-order valence-electron chi connectivity index (χ4n) is 7.38. The van der Waals surface area contributed by atoms with Gasteiger partial charge in [0.15, 0.2) is 0 Å². The maximum atomic E-state index is 6.67. The van der Waals surface area contributed by atoms with E-state index in [1.54, 1.807) is 34.0 Å². The molecule has 0 bridgehead atoms. The Morgan fingerprint density at radius 1 is 0.452 bits per heavy atom. The van der Waals surface area contributed by atoms with Gasteiger partial charge in [-0.3, -0.25) is 0 Å². The maximum absolute atomic E-state index is 6.67. The lowest BCUT2D eigenvalue weighted by Gasteiger charge is -2.28. The molecule has 0 atom stereocenters. The van der Waals surface area contributed by atoms with Crippen molar-refractivity contribution in [3.05, 3.63) is 171 Å². The first-order valence-electron chi connectivity index (χ1n) is 21.1. The van der Waals surface area contributed by atoms with Crippen molar-refractivity contribution in [2.24, 2.45) is 0 Å². The molecule has 9 rings (SSSR count). The van der Waals surface area contributed by atoms with Crippen LogP contribution >= 0.6 is 49.9 Å². The fourth-order valence-corrected chi connectivity index (χ4v) is 10.4. The average Bonchev–Trinajstić information content (AvgIpc) is 4.05. The molecule has 0 unspecified atom stereocenters. The summed E-state index contributed by atoms with van der Waals surface area (Å²) in [5.74, 6) is 0.856. The second-order valence-corrected chi connectivity index (χ2v) is 18.9. The molecule has 0 N–H and O–H groups in total. The third-order valence-electron chi connectivity index (χ3n) is 10.5. The van der Waals surface area contributed by atoms with E-state index in [9.17, 15) is 0 Å². The number of halogens is 1. The van der Waals surface area contributed by atoms with Gasteiger partial charge in [0.1, 0.15) is 20.8 Å². The Bertz CT molecular complexity index is 2750. The van der Waals surface area contributed by atoms with Crippen LogP contribution in [0.3, 0.4) is 0 Å². The van der Waals surface area contributed by atoms with Crippen LogP contribution in [-0.2, 0) is 0 Å². The summed E-state index contributed by atoms with van der Waals surface area (Å²) in [6.45, 7) is 0.662. The summed E-state index contributed by atoms with van der Waals surface area (Å²) in [5.41, 5.74) is 9.36. The number of unbranched alkanes of at least 4 members (excludes halogenated alkanes) is 5. The Balaban J connectivity index is 1.06. The molecule has 0 saturated heterocycles. The van der Waals surface area contributed by atoms with Crippen LogP contribution in [0.25, 0.3) is 67.1 Å². The molecule has 62 heavy (non-hydrogen) atoms. The normalized spacial score (nSPS) is 12.0. The zero-order chi connectivity index (χ0) is 41.9. The number of rotatable bonds is 18. The zero-order valence-corrected chi connectivity index (χ0v) is 38.2. The smallest absolute Gasteiger partial charge is 0.128 e. The predicted molar refractivity (Wildman–Crippen MR) is 274 cm³/mol. The van der Waals surface area contributed by atoms with E-state index >= 15 is 0 Å². The standard InChI is InChI=1S/C53H45BrN4OS3/c54-36-11-3-1-2-4-12-37-59-47-18-13-17-46(42(47)32-35-53-57-45-16-7-10-21-50(45)62-53)58(40-28-22-38(23-29-40)26-33-51-55-43-14-5-8-19-48(43)60-51)41-30-24-39(25-31-41)27-34-52-56-44-15-6-9-20-49(44)61-52/h5-10,13-35H,1-4,11-12,36-37H2. The van der Waals surface area contributed by atoms with Crippen LogP contribution in [0.2, 0.25) is 0 Å². The van der Waals surface area contributed by atoms with E-state index < -0.39 is 0 Å². The molecule has 3 aromatic heterocycles. The average molecular weight is 930 g/mol. The monoisotopic (exact) mass is 928 g/mol. The summed E-state index contributed by atoms with van der Waals surface area (Å²) in [7, 11) is 0. The number of nitrogens with zero attached hydrogens (tertiary/aromatic N) is 4. The van der Waals surface area contributed by atoms with Gasteiger partial charge < -0.3 is 9.64 Å². The molecule has 0 aliphatic carbocycles. The predicted octanol–water partition coefficient (Wildman–Crippen LogP) is 16.6. The number of para-hydroxylation sites is 3. The maximum Gasteiger partial charge on any atom is 0.128 e. The Hall–Kier alpha value is -5.71. The quantitative estimate of drug-likeness (QED) is 0.0634. The van der Waals surface area contributed by atoms with E-state index in [0.717, 1.165) is 89.2 Å². The van der Waals surface area contributed by atoms with Crippen molar-refractivity contribution in [3.63, 3.8) is 0 Å². The minimum absolute atomic E-state index is 0.662. The zero-order valence-electron chi connectivity index (χ0n) is 34.2. The molecule has 3 heterocycles. The van der Waals surface area contributed by atoms with Gasteiger partial charge in [-0.1, -0.05) is 120 Å². The molecular formula is C53H45BrN4OS3. The van der Waals surface area contributed by atoms with Crippen LogP contribution < -0.4 is 9.64 Å². The Morgan fingerprint density at radius 2 is 0.903 bits per heavy atom. The molecule has 6 aromatic carbocycles. The van der Waals surface area contributed by atoms with Gasteiger partial charge in [0, 0.05) is 22.3 Å². The lowest BCUT2D eigenvalue weighted by Crippen LogP contribution is -2.12. The van der Waals surface area contributed by atoms with E-state index in [-0.39, 0.29) is 0 Å². The van der Waals surface area contributed by atoms with Gasteiger partial charge >= 0.3 is 0 Å². The molecule has 0 aliphatic heterocycles. The number of hydrogen-bond donors (Lipinski definition) is 0. The molecule has 0 aliphatic rings. The molecule has 9 aromatic rings. The van der Waals surface area contributed by atoms with Gasteiger partial charge in [0.25, 0.3) is 0 Å². The number of fused-ring (bicyclic) bond motifs is 3. The van der Waals surface area contributed by atoms with E-state index in [0.29, 0.717) is 6.61 Å². The van der Waals surface area contributed by atoms with Crippen molar-refractivity contribution in [1.29, 1.82) is 0 Å². The van der Waals surface area contributed by atoms with Crippen LogP contribution in [0.15, 0.2) is 140 Å². The van der Waals surface area contributed by atoms with Crippen LogP contribution in [0.1, 0.15) is 70.2 Å². The highest BCUT2D eigenvalue weighted by molar-refractivity contribution is 9.09. The van der Waals surface area contributed by atoms with Crippen LogP contribution in [0, 0.1) is 0 Å².